The van der Waals surface area contributed by atoms with Crippen LogP contribution in [0.25, 0.3) is 89.5 Å². The molecule has 63 heavy (non-hydrogen) atoms. The Morgan fingerprint density at radius 3 is 1.62 bits per heavy atom. The van der Waals surface area contributed by atoms with E-state index < -0.39 is 5.41 Å². The Bertz CT molecular complexity index is 3570. The highest BCUT2D eigenvalue weighted by Crippen LogP contribution is 2.62. The molecule has 0 bridgehead atoms. The van der Waals surface area contributed by atoms with E-state index >= 15 is 0 Å². The zero-order chi connectivity index (χ0) is 41.5. The number of fused-ring (bicyclic) bond motifs is 12. The molecule has 1 aliphatic heterocycles. The van der Waals surface area contributed by atoms with Gasteiger partial charge in [0, 0.05) is 42.8 Å². The number of para-hydroxylation sites is 2. The average Bonchev–Trinajstić information content (AvgIpc) is 3.88. The van der Waals surface area contributed by atoms with Gasteiger partial charge in [-0.05, 0) is 68.3 Å². The van der Waals surface area contributed by atoms with E-state index in [1.807, 2.05) is 42.1 Å². The van der Waals surface area contributed by atoms with Crippen LogP contribution in [0.2, 0.25) is 0 Å². The Labute approximate surface area is 368 Å². The number of furan rings is 1. The molecular formula is C58H35N3OS. The summed E-state index contributed by atoms with van der Waals surface area (Å²) in [7, 11) is 0. The Hall–Kier alpha value is -7.86. The SMILES string of the molecule is c1ccc(-c2nc(-c3ccc(-c4cccc5c4oc4ccccc45)cc3)nc(-c3ccccc3-c3ccc4c(c3)Sc3ccccc3C43c4ccccc4-c4ccccc43)n2)cc1. The fraction of sp³-hybridized carbons (Fsp3) is 0.0172. The number of hydrogen-bond acceptors (Lipinski definition) is 5. The minimum absolute atomic E-state index is 0.426. The van der Waals surface area contributed by atoms with Crippen molar-refractivity contribution in [2.75, 3.05) is 0 Å². The molecule has 11 aromatic rings. The molecule has 1 aliphatic carbocycles. The lowest BCUT2D eigenvalue weighted by Gasteiger charge is -2.39. The second-order valence-electron chi connectivity index (χ2n) is 16.2. The molecule has 0 saturated carbocycles. The van der Waals surface area contributed by atoms with Crippen molar-refractivity contribution in [1.82, 2.24) is 15.0 Å². The molecule has 0 atom stereocenters. The fourth-order valence-electron chi connectivity index (χ4n) is 10.1. The van der Waals surface area contributed by atoms with Gasteiger partial charge >= 0.3 is 0 Å². The van der Waals surface area contributed by atoms with Gasteiger partial charge in [-0.15, -0.1) is 0 Å². The predicted molar refractivity (Wildman–Crippen MR) is 256 cm³/mol. The van der Waals surface area contributed by atoms with E-state index in [1.165, 1.54) is 43.2 Å². The van der Waals surface area contributed by atoms with Crippen molar-refractivity contribution in [1.29, 1.82) is 0 Å². The van der Waals surface area contributed by atoms with Crippen molar-refractivity contribution < 1.29 is 4.42 Å². The maximum Gasteiger partial charge on any atom is 0.164 e. The summed E-state index contributed by atoms with van der Waals surface area (Å²) in [6.07, 6.45) is 0. The van der Waals surface area contributed by atoms with E-state index in [-0.39, 0.29) is 0 Å². The first-order valence-corrected chi connectivity index (χ1v) is 22.1. The van der Waals surface area contributed by atoms with Crippen LogP contribution in [0, 0.1) is 0 Å². The summed E-state index contributed by atoms with van der Waals surface area (Å²) in [5, 5.41) is 2.22. The number of benzene rings is 9. The summed E-state index contributed by atoms with van der Waals surface area (Å²) < 4.78 is 6.39. The van der Waals surface area contributed by atoms with Crippen LogP contribution >= 0.6 is 11.8 Å². The van der Waals surface area contributed by atoms with Crippen LogP contribution in [-0.2, 0) is 5.41 Å². The molecule has 3 heterocycles. The van der Waals surface area contributed by atoms with Gasteiger partial charge in [0.2, 0.25) is 0 Å². The highest BCUT2D eigenvalue weighted by molar-refractivity contribution is 7.99. The average molecular weight is 822 g/mol. The molecule has 0 unspecified atom stereocenters. The van der Waals surface area contributed by atoms with Gasteiger partial charge in [-0.25, -0.2) is 15.0 Å². The Kier molecular flexibility index (Phi) is 8.02. The van der Waals surface area contributed by atoms with Crippen LogP contribution < -0.4 is 0 Å². The van der Waals surface area contributed by atoms with E-state index in [2.05, 4.69) is 182 Å². The van der Waals surface area contributed by atoms with Crippen molar-refractivity contribution in [3.8, 4) is 67.5 Å². The second-order valence-corrected chi connectivity index (χ2v) is 17.3. The van der Waals surface area contributed by atoms with Crippen LogP contribution in [0.3, 0.4) is 0 Å². The van der Waals surface area contributed by atoms with Crippen LogP contribution in [-0.4, -0.2) is 15.0 Å². The first kappa shape index (κ1) is 35.9. The first-order chi connectivity index (χ1) is 31.2. The maximum absolute atomic E-state index is 6.39. The molecule has 0 amide bonds. The van der Waals surface area contributed by atoms with Gasteiger partial charge in [0.05, 0.1) is 5.41 Å². The quantitative estimate of drug-likeness (QED) is 0.173. The minimum atomic E-state index is -0.426. The highest BCUT2D eigenvalue weighted by Gasteiger charge is 2.50. The number of rotatable bonds is 5. The van der Waals surface area contributed by atoms with Crippen LogP contribution in [0.1, 0.15) is 22.3 Å². The zero-order valence-corrected chi connectivity index (χ0v) is 34.7. The summed E-state index contributed by atoms with van der Waals surface area (Å²) in [6.45, 7) is 0. The lowest BCUT2D eigenvalue weighted by molar-refractivity contribution is 0.670. The summed E-state index contributed by atoms with van der Waals surface area (Å²) >= 11 is 1.86. The summed E-state index contributed by atoms with van der Waals surface area (Å²) in [5.41, 5.74) is 16.3. The topological polar surface area (TPSA) is 51.8 Å². The molecular weight excluding hydrogens is 787 g/mol. The van der Waals surface area contributed by atoms with Crippen LogP contribution in [0.15, 0.2) is 227 Å². The lowest BCUT2D eigenvalue weighted by atomic mass is 9.67. The molecule has 9 aromatic carbocycles. The zero-order valence-electron chi connectivity index (χ0n) is 33.9. The van der Waals surface area contributed by atoms with Crippen molar-refractivity contribution in [2.24, 2.45) is 0 Å². The molecule has 1 spiro atoms. The van der Waals surface area contributed by atoms with Gasteiger partial charge in [-0.1, -0.05) is 206 Å². The van der Waals surface area contributed by atoms with Gasteiger partial charge in [0.1, 0.15) is 11.2 Å². The van der Waals surface area contributed by atoms with Crippen LogP contribution in [0.5, 0.6) is 0 Å². The van der Waals surface area contributed by atoms with E-state index in [0.29, 0.717) is 17.5 Å². The molecule has 2 aromatic heterocycles. The van der Waals surface area contributed by atoms with Crippen molar-refractivity contribution in [2.45, 2.75) is 15.2 Å². The van der Waals surface area contributed by atoms with Gasteiger partial charge < -0.3 is 4.42 Å². The fourth-order valence-corrected chi connectivity index (χ4v) is 11.3. The lowest BCUT2D eigenvalue weighted by Crippen LogP contribution is -2.31. The summed E-state index contributed by atoms with van der Waals surface area (Å²) in [4.78, 5) is 18.0. The van der Waals surface area contributed by atoms with E-state index in [4.69, 9.17) is 19.4 Å². The van der Waals surface area contributed by atoms with E-state index in [0.717, 1.165) is 60.9 Å². The first-order valence-electron chi connectivity index (χ1n) is 21.3. The summed E-state index contributed by atoms with van der Waals surface area (Å²) in [6, 6.07) is 75.6. The molecule has 5 heteroatoms. The van der Waals surface area contributed by atoms with Crippen molar-refractivity contribution >= 4 is 33.7 Å². The van der Waals surface area contributed by atoms with Gasteiger partial charge in [0.25, 0.3) is 0 Å². The van der Waals surface area contributed by atoms with Gasteiger partial charge in [0.15, 0.2) is 17.5 Å². The number of nitrogens with zero attached hydrogens (tertiary/aromatic N) is 3. The van der Waals surface area contributed by atoms with E-state index in [9.17, 15) is 0 Å². The second kappa shape index (κ2) is 14.1. The molecule has 2 aliphatic rings. The van der Waals surface area contributed by atoms with Crippen molar-refractivity contribution in [3.63, 3.8) is 0 Å². The molecule has 4 nitrogen and oxygen atoms in total. The van der Waals surface area contributed by atoms with E-state index in [1.54, 1.807) is 0 Å². The molecule has 294 valence electrons. The third-order valence-corrected chi connectivity index (χ3v) is 14.0. The Morgan fingerprint density at radius 2 is 0.857 bits per heavy atom. The largest absolute Gasteiger partial charge is 0.455 e. The minimum Gasteiger partial charge on any atom is -0.455 e. The standard InChI is InChI=1S/C58H35N3OS/c1-2-15-37(16-3-1)55-59-56(38-31-29-36(30-32-38)41-22-14-23-45-44-20-8-12-27-51(44)62-54(41)45)61-57(60-55)46-21-5-4-17-40(46)39-33-34-50-53(35-39)63-52-28-13-11-26-49(52)58(50)47-24-9-6-18-42(47)43-19-7-10-25-48(43)58/h1-35H. The molecule has 0 radical (unpaired) electrons. The third kappa shape index (κ3) is 5.46. The normalized spacial score (nSPS) is 13.1. The van der Waals surface area contributed by atoms with Gasteiger partial charge in [-0.2, -0.15) is 0 Å². The summed E-state index contributed by atoms with van der Waals surface area (Å²) in [5.74, 6) is 1.86. The predicted octanol–water partition coefficient (Wildman–Crippen LogP) is 14.9. The van der Waals surface area contributed by atoms with Crippen LogP contribution in [0.4, 0.5) is 0 Å². The van der Waals surface area contributed by atoms with Gasteiger partial charge in [-0.3, -0.25) is 0 Å². The molecule has 0 fully saturated rings. The maximum atomic E-state index is 6.39. The monoisotopic (exact) mass is 821 g/mol. The number of hydrogen-bond donors (Lipinski definition) is 0. The smallest absolute Gasteiger partial charge is 0.164 e. The Balaban J connectivity index is 0.943. The third-order valence-electron chi connectivity index (χ3n) is 12.9. The Morgan fingerprint density at radius 1 is 0.333 bits per heavy atom. The molecule has 13 rings (SSSR count). The van der Waals surface area contributed by atoms with Crippen molar-refractivity contribution in [3.05, 3.63) is 235 Å². The molecule has 0 saturated heterocycles. The highest BCUT2D eigenvalue weighted by atomic mass is 32.2. The number of aromatic nitrogens is 3. The molecule has 0 N–H and O–H groups in total.